The molecule has 3 heterocycles. The first kappa shape index (κ1) is 9.17. The summed E-state index contributed by atoms with van der Waals surface area (Å²) in [5.74, 6) is 0. The summed E-state index contributed by atoms with van der Waals surface area (Å²) in [5.41, 5.74) is -0.134. The lowest BCUT2D eigenvalue weighted by atomic mass is 10.2. The summed E-state index contributed by atoms with van der Waals surface area (Å²) < 4.78 is 0. The second-order valence-corrected chi connectivity index (χ2v) is 3.67. The van der Waals surface area contributed by atoms with Gasteiger partial charge in [0.1, 0.15) is 5.65 Å². The van der Waals surface area contributed by atoms with Crippen LogP contribution in [-0.4, -0.2) is 19.9 Å². The highest BCUT2D eigenvalue weighted by atomic mass is 35.5. The summed E-state index contributed by atoms with van der Waals surface area (Å²) in [5, 5.41) is 1.26. The van der Waals surface area contributed by atoms with E-state index in [1.165, 1.54) is 6.20 Å². The van der Waals surface area contributed by atoms with E-state index in [9.17, 15) is 9.59 Å². The van der Waals surface area contributed by atoms with Gasteiger partial charge in [0.25, 0.3) is 5.56 Å². The predicted molar refractivity (Wildman–Crippen MR) is 59.9 cm³/mol. The summed E-state index contributed by atoms with van der Waals surface area (Å²) >= 11 is 5.87. The highest BCUT2D eigenvalue weighted by Crippen LogP contribution is 2.24. The molecule has 0 aliphatic carbocycles. The van der Waals surface area contributed by atoms with E-state index in [-0.39, 0.29) is 5.15 Å². The zero-order valence-electron chi connectivity index (χ0n) is 7.80. The first-order valence-corrected chi connectivity index (χ1v) is 4.83. The molecule has 16 heavy (non-hydrogen) atoms. The topological polar surface area (TPSA) is 94.4 Å². The minimum atomic E-state index is -0.562. The average molecular weight is 237 g/mol. The Labute approximate surface area is 92.3 Å². The van der Waals surface area contributed by atoms with Gasteiger partial charge in [-0.1, -0.05) is 11.6 Å². The van der Waals surface area contributed by atoms with Gasteiger partial charge in [-0.15, -0.1) is 0 Å². The van der Waals surface area contributed by atoms with Crippen LogP contribution in [0.1, 0.15) is 0 Å². The number of H-pyrrole nitrogens is 3. The van der Waals surface area contributed by atoms with Crippen LogP contribution in [0, 0.1) is 0 Å². The highest BCUT2D eigenvalue weighted by Gasteiger charge is 2.11. The van der Waals surface area contributed by atoms with E-state index in [2.05, 4.69) is 19.9 Å². The Balaban J connectivity index is 2.72. The number of fused-ring (bicyclic) bond motifs is 3. The van der Waals surface area contributed by atoms with Crippen molar-refractivity contribution >= 4 is 33.5 Å². The van der Waals surface area contributed by atoms with Crippen molar-refractivity contribution in [1.82, 2.24) is 19.9 Å². The van der Waals surface area contributed by atoms with Gasteiger partial charge in [0.05, 0.1) is 10.9 Å². The fourth-order valence-corrected chi connectivity index (χ4v) is 1.93. The van der Waals surface area contributed by atoms with Gasteiger partial charge >= 0.3 is 5.69 Å². The number of aromatic nitrogens is 4. The molecule has 3 aromatic heterocycles. The van der Waals surface area contributed by atoms with Crippen molar-refractivity contribution in [1.29, 1.82) is 0 Å². The molecule has 0 spiro atoms. The van der Waals surface area contributed by atoms with Crippen LogP contribution >= 0.6 is 11.6 Å². The lowest BCUT2D eigenvalue weighted by Crippen LogP contribution is -2.21. The second-order valence-electron chi connectivity index (χ2n) is 3.31. The first-order valence-electron chi connectivity index (χ1n) is 4.45. The van der Waals surface area contributed by atoms with E-state index in [4.69, 9.17) is 11.6 Å². The van der Waals surface area contributed by atoms with Crippen LogP contribution < -0.4 is 11.2 Å². The molecule has 0 bridgehead atoms. The van der Waals surface area contributed by atoms with Crippen molar-refractivity contribution in [3.63, 3.8) is 0 Å². The number of pyridine rings is 1. The van der Waals surface area contributed by atoms with E-state index >= 15 is 0 Å². The number of rotatable bonds is 0. The molecule has 7 heteroatoms. The zero-order valence-corrected chi connectivity index (χ0v) is 8.55. The van der Waals surface area contributed by atoms with Crippen molar-refractivity contribution in [2.45, 2.75) is 0 Å². The maximum atomic E-state index is 11.6. The van der Waals surface area contributed by atoms with E-state index in [1.54, 1.807) is 6.07 Å². The Morgan fingerprint density at radius 2 is 2.00 bits per heavy atom. The van der Waals surface area contributed by atoms with Crippen molar-refractivity contribution in [2.75, 3.05) is 0 Å². The predicted octanol–water partition coefficient (Wildman–Crippen LogP) is 0.746. The standard InChI is InChI=1S/C9H5ClN4O2/c10-6-5-3(1-2-11-6)4-7(12-5)13-9(16)14-8(4)15/h1-2H,(H3,12,13,14,15,16). The fourth-order valence-electron chi connectivity index (χ4n) is 1.73. The largest absolute Gasteiger partial charge is 0.338 e. The third kappa shape index (κ3) is 1.10. The lowest BCUT2D eigenvalue weighted by molar-refractivity contribution is 1.07. The molecule has 80 valence electrons. The van der Waals surface area contributed by atoms with Crippen LogP contribution in [0.3, 0.4) is 0 Å². The van der Waals surface area contributed by atoms with Gasteiger partial charge in [0, 0.05) is 11.6 Å². The molecule has 0 aromatic carbocycles. The molecule has 3 N–H and O–H groups in total. The van der Waals surface area contributed by atoms with Crippen molar-refractivity contribution in [2.24, 2.45) is 0 Å². The smallest absolute Gasteiger partial charge is 0.327 e. The molecule has 0 radical (unpaired) electrons. The quantitative estimate of drug-likeness (QED) is 0.503. The van der Waals surface area contributed by atoms with Gasteiger partial charge in [-0.05, 0) is 6.07 Å². The Hall–Kier alpha value is -2.08. The van der Waals surface area contributed by atoms with Crippen molar-refractivity contribution in [3.8, 4) is 0 Å². The van der Waals surface area contributed by atoms with Gasteiger partial charge in [0.2, 0.25) is 0 Å². The summed E-state index contributed by atoms with van der Waals surface area (Å²) in [4.78, 5) is 34.1. The van der Waals surface area contributed by atoms with E-state index < -0.39 is 11.2 Å². The Morgan fingerprint density at radius 1 is 1.19 bits per heavy atom. The van der Waals surface area contributed by atoms with Crippen LogP contribution in [0.15, 0.2) is 21.9 Å². The monoisotopic (exact) mass is 236 g/mol. The average Bonchev–Trinajstić information content (AvgIpc) is 2.57. The molecule has 3 aromatic rings. The normalized spacial score (nSPS) is 11.3. The number of aromatic amines is 3. The highest BCUT2D eigenvalue weighted by molar-refractivity contribution is 6.34. The summed E-state index contributed by atoms with van der Waals surface area (Å²) in [6.07, 6.45) is 1.50. The minimum absolute atomic E-state index is 0.258. The summed E-state index contributed by atoms with van der Waals surface area (Å²) in [6.45, 7) is 0. The van der Waals surface area contributed by atoms with Gasteiger partial charge in [-0.2, -0.15) is 0 Å². The van der Waals surface area contributed by atoms with E-state index in [0.717, 1.165) is 0 Å². The molecule has 0 aliphatic heterocycles. The molecular weight excluding hydrogens is 232 g/mol. The molecule has 0 fully saturated rings. The summed E-state index contributed by atoms with van der Waals surface area (Å²) in [7, 11) is 0. The molecule has 0 saturated carbocycles. The first-order chi connectivity index (χ1) is 7.66. The van der Waals surface area contributed by atoms with Crippen molar-refractivity contribution in [3.05, 3.63) is 38.3 Å². The molecule has 0 amide bonds. The number of hydrogen-bond acceptors (Lipinski definition) is 3. The Kier molecular flexibility index (Phi) is 1.69. The SMILES string of the molecule is O=c1[nH]c(=O)c2c([nH]1)[nH]c1c(Cl)nccc12. The van der Waals surface area contributed by atoms with Crippen LogP contribution in [0.5, 0.6) is 0 Å². The molecule has 3 rings (SSSR count). The zero-order chi connectivity index (χ0) is 11.3. The van der Waals surface area contributed by atoms with Gasteiger partial charge in [-0.25, -0.2) is 9.78 Å². The molecule has 0 atom stereocenters. The Bertz CT molecular complexity index is 814. The van der Waals surface area contributed by atoms with E-state index in [0.29, 0.717) is 21.9 Å². The maximum Gasteiger partial charge on any atom is 0.327 e. The van der Waals surface area contributed by atoms with E-state index in [1.807, 2.05) is 0 Å². The number of nitrogens with zero attached hydrogens (tertiary/aromatic N) is 1. The molecule has 6 nitrogen and oxygen atoms in total. The van der Waals surface area contributed by atoms with Gasteiger partial charge in [-0.3, -0.25) is 14.8 Å². The third-order valence-electron chi connectivity index (χ3n) is 2.37. The van der Waals surface area contributed by atoms with Crippen LogP contribution in [0.25, 0.3) is 21.9 Å². The third-order valence-corrected chi connectivity index (χ3v) is 2.65. The molecule has 0 unspecified atom stereocenters. The number of hydrogen-bond donors (Lipinski definition) is 3. The maximum absolute atomic E-state index is 11.6. The van der Waals surface area contributed by atoms with Crippen molar-refractivity contribution < 1.29 is 0 Å². The van der Waals surface area contributed by atoms with Gasteiger partial charge < -0.3 is 4.98 Å². The molecule has 0 aliphatic rings. The summed E-state index contributed by atoms with van der Waals surface area (Å²) in [6, 6.07) is 1.66. The number of halogens is 1. The molecule has 0 saturated heterocycles. The van der Waals surface area contributed by atoms with Gasteiger partial charge in [0.15, 0.2) is 5.15 Å². The lowest BCUT2D eigenvalue weighted by Gasteiger charge is -1.90. The molecular formula is C9H5ClN4O2. The van der Waals surface area contributed by atoms with Crippen LogP contribution in [0.4, 0.5) is 0 Å². The fraction of sp³-hybridized carbons (Fsp3) is 0. The van der Waals surface area contributed by atoms with Crippen LogP contribution in [0.2, 0.25) is 5.15 Å². The second kappa shape index (κ2) is 2.96. The van der Waals surface area contributed by atoms with Crippen LogP contribution in [-0.2, 0) is 0 Å². The number of nitrogens with one attached hydrogen (secondary N) is 3. The Morgan fingerprint density at radius 3 is 2.81 bits per heavy atom. The minimum Gasteiger partial charge on any atom is -0.338 e.